The van der Waals surface area contributed by atoms with Gasteiger partial charge in [0.25, 0.3) is 0 Å². The standard InChI is InChI=1S/C18H22ClNO2S/c1-2-3-11-20-17(21)18(14-10-9-13(12-14)16(18)19)23(22)15-7-5-4-6-8-15/h4-10,13-14,16H,2-3,11-12H2,1H3,(H,20,21)/t13-,14+,16+,18-,23?/m0/s1. The first-order chi connectivity index (χ1) is 11.1. The lowest BCUT2D eigenvalue weighted by molar-refractivity contribution is -0.124. The predicted octanol–water partition coefficient (Wildman–Crippen LogP) is 3.26. The third-order valence-corrected chi connectivity index (χ3v) is 7.74. The van der Waals surface area contributed by atoms with Gasteiger partial charge in [-0.2, -0.15) is 0 Å². The number of carbonyl (C=O) groups is 1. The minimum atomic E-state index is -1.48. The summed E-state index contributed by atoms with van der Waals surface area (Å²) in [6.07, 6.45) is 6.84. The van der Waals surface area contributed by atoms with Gasteiger partial charge < -0.3 is 5.32 Å². The highest BCUT2D eigenvalue weighted by Crippen LogP contribution is 2.53. The fourth-order valence-electron chi connectivity index (χ4n) is 3.66. The quantitative estimate of drug-likeness (QED) is 0.485. The van der Waals surface area contributed by atoms with Crippen LogP contribution in [0.5, 0.6) is 0 Å². The second-order valence-corrected chi connectivity index (χ2v) is 8.43. The third-order valence-electron chi connectivity index (χ3n) is 4.89. The van der Waals surface area contributed by atoms with Crippen molar-refractivity contribution in [3.05, 3.63) is 42.5 Å². The van der Waals surface area contributed by atoms with E-state index >= 15 is 0 Å². The molecule has 2 aliphatic rings. The number of alkyl halides is 1. The zero-order valence-corrected chi connectivity index (χ0v) is 14.8. The Kier molecular flexibility index (Phi) is 4.93. The highest BCUT2D eigenvalue weighted by molar-refractivity contribution is 7.87. The highest BCUT2D eigenvalue weighted by atomic mass is 35.5. The number of unbranched alkanes of at least 4 members (excludes halogenated alkanes) is 1. The number of carbonyl (C=O) groups excluding carboxylic acids is 1. The molecule has 0 heterocycles. The van der Waals surface area contributed by atoms with E-state index in [1.165, 1.54) is 0 Å². The van der Waals surface area contributed by atoms with E-state index in [1.54, 1.807) is 0 Å². The number of fused-ring (bicyclic) bond motifs is 2. The van der Waals surface area contributed by atoms with Crippen molar-refractivity contribution in [2.45, 2.75) is 41.2 Å². The molecule has 1 fully saturated rings. The molecule has 0 saturated heterocycles. The van der Waals surface area contributed by atoms with Crippen molar-refractivity contribution in [3.8, 4) is 0 Å². The minimum Gasteiger partial charge on any atom is -0.355 e. The van der Waals surface area contributed by atoms with Crippen LogP contribution in [0.1, 0.15) is 26.2 Å². The Morgan fingerprint density at radius 2 is 2.09 bits per heavy atom. The normalized spacial score (nSPS) is 32.9. The SMILES string of the molecule is CCCCNC(=O)[C@]1(S(=O)c2ccccc2)[C@@H]2C=C[C@@H](C2)[C@H]1Cl. The summed E-state index contributed by atoms with van der Waals surface area (Å²) in [5.41, 5.74) is 0. The Labute approximate surface area is 144 Å². The Morgan fingerprint density at radius 3 is 2.70 bits per heavy atom. The summed E-state index contributed by atoms with van der Waals surface area (Å²) >= 11 is 6.68. The maximum Gasteiger partial charge on any atom is 0.241 e. The van der Waals surface area contributed by atoms with E-state index in [0.29, 0.717) is 11.4 Å². The van der Waals surface area contributed by atoms with Crippen molar-refractivity contribution in [1.29, 1.82) is 0 Å². The van der Waals surface area contributed by atoms with Crippen molar-refractivity contribution in [2.75, 3.05) is 6.54 Å². The Morgan fingerprint density at radius 1 is 1.35 bits per heavy atom. The first-order valence-corrected chi connectivity index (χ1v) is 9.78. The van der Waals surface area contributed by atoms with Gasteiger partial charge in [0.2, 0.25) is 5.91 Å². The summed E-state index contributed by atoms with van der Waals surface area (Å²) in [5.74, 6) is -0.0890. The van der Waals surface area contributed by atoms with Crippen LogP contribution in [0.15, 0.2) is 47.4 Å². The van der Waals surface area contributed by atoms with E-state index in [-0.39, 0.29) is 17.7 Å². The summed E-state index contributed by atoms with van der Waals surface area (Å²) in [6.45, 7) is 2.68. The first kappa shape index (κ1) is 16.7. The number of benzene rings is 1. The topological polar surface area (TPSA) is 46.2 Å². The molecule has 1 aromatic carbocycles. The summed E-state index contributed by atoms with van der Waals surface area (Å²) in [4.78, 5) is 13.7. The van der Waals surface area contributed by atoms with Crippen molar-refractivity contribution in [3.63, 3.8) is 0 Å². The maximum absolute atomic E-state index is 13.4. The highest BCUT2D eigenvalue weighted by Gasteiger charge is 2.64. The van der Waals surface area contributed by atoms with Crippen LogP contribution in [0.25, 0.3) is 0 Å². The van der Waals surface area contributed by atoms with E-state index in [0.717, 1.165) is 19.3 Å². The van der Waals surface area contributed by atoms with E-state index in [4.69, 9.17) is 11.6 Å². The zero-order valence-electron chi connectivity index (χ0n) is 13.2. The smallest absolute Gasteiger partial charge is 0.241 e. The Balaban J connectivity index is 1.97. The van der Waals surface area contributed by atoms with Crippen molar-refractivity contribution < 1.29 is 9.00 Å². The molecule has 0 radical (unpaired) electrons. The van der Waals surface area contributed by atoms with Gasteiger partial charge in [-0.05, 0) is 30.9 Å². The molecule has 1 aromatic rings. The van der Waals surface area contributed by atoms with Gasteiger partial charge in [0, 0.05) is 17.4 Å². The third kappa shape index (κ3) is 2.66. The summed E-state index contributed by atoms with van der Waals surface area (Å²) in [7, 11) is -1.48. The fraction of sp³-hybridized carbons (Fsp3) is 0.500. The van der Waals surface area contributed by atoms with Gasteiger partial charge in [0.15, 0.2) is 4.75 Å². The van der Waals surface area contributed by atoms with Crippen molar-refractivity contribution in [1.82, 2.24) is 5.32 Å². The fourth-order valence-corrected chi connectivity index (χ4v) is 6.21. The molecule has 3 rings (SSSR count). The number of hydrogen-bond donors (Lipinski definition) is 1. The number of allylic oxidation sites excluding steroid dienone is 2. The molecule has 0 spiro atoms. The van der Waals surface area contributed by atoms with Gasteiger partial charge in [0.05, 0.1) is 16.2 Å². The lowest BCUT2D eigenvalue weighted by Gasteiger charge is -2.36. The number of nitrogens with one attached hydrogen (secondary N) is 1. The monoisotopic (exact) mass is 351 g/mol. The second kappa shape index (κ2) is 6.78. The van der Waals surface area contributed by atoms with Crippen LogP contribution in [0.4, 0.5) is 0 Å². The minimum absolute atomic E-state index is 0.0577. The molecule has 1 N–H and O–H groups in total. The Bertz CT molecular complexity index is 633. The van der Waals surface area contributed by atoms with Crippen LogP contribution < -0.4 is 5.32 Å². The molecular formula is C18H22ClNO2S. The Hall–Kier alpha value is -1.13. The molecule has 23 heavy (non-hydrogen) atoms. The van der Waals surface area contributed by atoms with Crippen molar-refractivity contribution in [2.24, 2.45) is 11.8 Å². The largest absolute Gasteiger partial charge is 0.355 e. The molecule has 5 atom stereocenters. The summed E-state index contributed by atoms with van der Waals surface area (Å²) < 4.78 is 12.3. The molecule has 3 nitrogen and oxygen atoms in total. The molecular weight excluding hydrogens is 330 g/mol. The number of rotatable bonds is 6. The molecule has 0 aliphatic heterocycles. The predicted molar refractivity (Wildman–Crippen MR) is 93.9 cm³/mol. The van der Waals surface area contributed by atoms with Gasteiger partial charge in [0.1, 0.15) is 0 Å². The average Bonchev–Trinajstić information content (AvgIpc) is 3.16. The summed E-state index contributed by atoms with van der Waals surface area (Å²) in [6, 6.07) is 9.21. The van der Waals surface area contributed by atoms with Crippen LogP contribution in [0, 0.1) is 11.8 Å². The number of amides is 1. The van der Waals surface area contributed by atoms with E-state index in [1.807, 2.05) is 36.4 Å². The number of halogens is 1. The van der Waals surface area contributed by atoms with Gasteiger partial charge in [-0.25, -0.2) is 0 Å². The van der Waals surface area contributed by atoms with E-state index in [2.05, 4.69) is 18.3 Å². The van der Waals surface area contributed by atoms with Crippen molar-refractivity contribution >= 4 is 28.3 Å². The van der Waals surface area contributed by atoms with E-state index in [9.17, 15) is 9.00 Å². The molecule has 124 valence electrons. The average molecular weight is 352 g/mol. The van der Waals surface area contributed by atoms with Gasteiger partial charge in [-0.3, -0.25) is 9.00 Å². The van der Waals surface area contributed by atoms with Crippen LogP contribution in [0.2, 0.25) is 0 Å². The molecule has 1 unspecified atom stereocenters. The molecule has 2 bridgehead atoms. The lowest BCUT2D eigenvalue weighted by Crippen LogP contribution is -2.58. The maximum atomic E-state index is 13.4. The van der Waals surface area contributed by atoms with Gasteiger partial charge in [-0.15, -0.1) is 11.6 Å². The van der Waals surface area contributed by atoms with Crippen LogP contribution in [-0.4, -0.2) is 26.8 Å². The molecule has 1 saturated carbocycles. The van der Waals surface area contributed by atoms with Gasteiger partial charge >= 0.3 is 0 Å². The lowest BCUT2D eigenvalue weighted by atomic mass is 9.91. The summed E-state index contributed by atoms with van der Waals surface area (Å²) in [5, 5.41) is 2.55. The first-order valence-electron chi connectivity index (χ1n) is 8.20. The molecule has 1 amide bonds. The van der Waals surface area contributed by atoms with Crippen LogP contribution in [-0.2, 0) is 15.6 Å². The van der Waals surface area contributed by atoms with Crippen LogP contribution in [0.3, 0.4) is 0 Å². The molecule has 0 aromatic heterocycles. The molecule has 2 aliphatic carbocycles. The molecule has 5 heteroatoms. The van der Waals surface area contributed by atoms with Gasteiger partial charge in [-0.1, -0.05) is 43.7 Å². The number of hydrogen-bond acceptors (Lipinski definition) is 2. The zero-order chi connectivity index (χ0) is 16.4. The van der Waals surface area contributed by atoms with Crippen LogP contribution >= 0.6 is 11.6 Å². The van der Waals surface area contributed by atoms with E-state index < -0.39 is 20.9 Å². The second-order valence-electron chi connectivity index (χ2n) is 6.28.